The zero-order chi connectivity index (χ0) is 16.8. The Bertz CT molecular complexity index is 718. The molecule has 120 valence electrons. The minimum absolute atomic E-state index is 0.234. The molecule has 5 nitrogen and oxygen atoms in total. The number of benzene rings is 2. The standard InChI is InChI=1S/C16H14Cl2N2O3/c1-23-11-7-5-10(6-8-11)19-14(21)9-15(22)20-13-4-2-3-12(17)16(13)18/h2-8H,9H2,1H3,(H,19,21)(H,20,22). The minimum Gasteiger partial charge on any atom is -0.497 e. The molecule has 0 aliphatic carbocycles. The van der Waals surface area contributed by atoms with Crippen molar-refractivity contribution >= 4 is 46.4 Å². The molecule has 2 aromatic rings. The first-order valence-electron chi connectivity index (χ1n) is 6.67. The topological polar surface area (TPSA) is 67.4 Å². The SMILES string of the molecule is COc1ccc(NC(=O)CC(=O)Nc2cccc(Cl)c2Cl)cc1. The van der Waals surface area contributed by atoms with E-state index in [1.54, 1.807) is 49.6 Å². The van der Waals surface area contributed by atoms with E-state index in [0.29, 0.717) is 22.1 Å². The fourth-order valence-corrected chi connectivity index (χ4v) is 2.17. The molecule has 0 bridgehead atoms. The second kappa shape index (κ2) is 7.85. The van der Waals surface area contributed by atoms with Gasteiger partial charge in [0, 0.05) is 5.69 Å². The van der Waals surface area contributed by atoms with Crippen molar-refractivity contribution in [2.75, 3.05) is 17.7 Å². The maximum atomic E-state index is 11.9. The molecule has 0 heterocycles. The van der Waals surface area contributed by atoms with Crippen LogP contribution in [0.4, 0.5) is 11.4 Å². The van der Waals surface area contributed by atoms with Crippen LogP contribution in [-0.2, 0) is 9.59 Å². The molecule has 7 heteroatoms. The van der Waals surface area contributed by atoms with Gasteiger partial charge in [-0.15, -0.1) is 0 Å². The van der Waals surface area contributed by atoms with E-state index >= 15 is 0 Å². The first kappa shape index (κ1) is 17.1. The van der Waals surface area contributed by atoms with E-state index in [9.17, 15) is 9.59 Å². The number of methoxy groups -OCH3 is 1. The first-order valence-corrected chi connectivity index (χ1v) is 7.43. The summed E-state index contributed by atoms with van der Waals surface area (Å²) in [7, 11) is 1.55. The van der Waals surface area contributed by atoms with Crippen LogP contribution >= 0.6 is 23.2 Å². The second-order valence-electron chi connectivity index (χ2n) is 4.60. The molecule has 0 fully saturated rings. The van der Waals surface area contributed by atoms with Gasteiger partial charge in [0.1, 0.15) is 12.2 Å². The quantitative estimate of drug-likeness (QED) is 0.800. The van der Waals surface area contributed by atoms with Gasteiger partial charge in [0.25, 0.3) is 0 Å². The van der Waals surface area contributed by atoms with Gasteiger partial charge in [-0.05, 0) is 36.4 Å². The van der Waals surface area contributed by atoms with Crippen molar-refractivity contribution in [1.82, 2.24) is 0 Å². The molecule has 0 aliphatic heterocycles. The van der Waals surface area contributed by atoms with Crippen LogP contribution in [-0.4, -0.2) is 18.9 Å². The number of carbonyl (C=O) groups excluding carboxylic acids is 2. The lowest BCUT2D eigenvalue weighted by Crippen LogP contribution is -2.21. The van der Waals surface area contributed by atoms with Crippen LogP contribution in [0.15, 0.2) is 42.5 Å². The van der Waals surface area contributed by atoms with E-state index in [0.717, 1.165) is 0 Å². The van der Waals surface area contributed by atoms with Gasteiger partial charge in [0.05, 0.1) is 22.8 Å². The van der Waals surface area contributed by atoms with Crippen molar-refractivity contribution in [2.45, 2.75) is 6.42 Å². The minimum atomic E-state index is -0.486. The molecular formula is C16H14Cl2N2O3. The number of rotatable bonds is 5. The highest BCUT2D eigenvalue weighted by Gasteiger charge is 2.12. The van der Waals surface area contributed by atoms with Crippen LogP contribution in [0.2, 0.25) is 10.0 Å². The molecule has 0 radical (unpaired) electrons. The fourth-order valence-electron chi connectivity index (χ4n) is 1.82. The lowest BCUT2D eigenvalue weighted by Gasteiger charge is -2.09. The fraction of sp³-hybridized carbons (Fsp3) is 0.125. The molecule has 2 amide bonds. The van der Waals surface area contributed by atoms with E-state index in [1.165, 1.54) is 0 Å². The van der Waals surface area contributed by atoms with Crippen LogP contribution in [0.5, 0.6) is 5.75 Å². The third-order valence-corrected chi connectivity index (χ3v) is 3.74. The molecule has 0 saturated carbocycles. The Kier molecular flexibility index (Phi) is 5.84. The first-order chi connectivity index (χ1) is 11.0. The van der Waals surface area contributed by atoms with Crippen molar-refractivity contribution in [3.8, 4) is 5.75 Å². The van der Waals surface area contributed by atoms with Crippen LogP contribution in [0.25, 0.3) is 0 Å². The summed E-state index contributed by atoms with van der Waals surface area (Å²) in [6, 6.07) is 11.7. The summed E-state index contributed by atoms with van der Waals surface area (Å²) in [5.41, 5.74) is 0.936. The summed E-state index contributed by atoms with van der Waals surface area (Å²) in [6.45, 7) is 0. The van der Waals surface area contributed by atoms with Gasteiger partial charge in [-0.25, -0.2) is 0 Å². The van der Waals surface area contributed by atoms with E-state index in [4.69, 9.17) is 27.9 Å². The molecule has 0 aromatic heterocycles. The molecule has 2 aromatic carbocycles. The lowest BCUT2D eigenvalue weighted by atomic mass is 10.2. The third-order valence-electron chi connectivity index (χ3n) is 2.92. The van der Waals surface area contributed by atoms with Gasteiger partial charge in [-0.2, -0.15) is 0 Å². The number of hydrogen-bond acceptors (Lipinski definition) is 3. The maximum Gasteiger partial charge on any atom is 0.233 e. The summed E-state index contributed by atoms with van der Waals surface area (Å²) in [5, 5.41) is 5.73. The number of halogens is 2. The Labute approximate surface area is 143 Å². The Balaban J connectivity index is 1.91. The highest BCUT2D eigenvalue weighted by Crippen LogP contribution is 2.29. The van der Waals surface area contributed by atoms with E-state index in [2.05, 4.69) is 10.6 Å². The Morgan fingerprint density at radius 2 is 1.65 bits per heavy atom. The van der Waals surface area contributed by atoms with Gasteiger partial charge in [-0.3, -0.25) is 9.59 Å². The Morgan fingerprint density at radius 1 is 1.00 bits per heavy atom. The molecular weight excluding hydrogens is 339 g/mol. The van der Waals surface area contributed by atoms with E-state index < -0.39 is 11.8 Å². The zero-order valence-electron chi connectivity index (χ0n) is 12.2. The van der Waals surface area contributed by atoms with Gasteiger partial charge < -0.3 is 15.4 Å². The number of carbonyl (C=O) groups is 2. The Hall–Kier alpha value is -2.24. The molecule has 2 N–H and O–H groups in total. The largest absolute Gasteiger partial charge is 0.497 e. The summed E-state index contributed by atoms with van der Waals surface area (Å²) in [6.07, 6.45) is -0.338. The second-order valence-corrected chi connectivity index (χ2v) is 5.39. The number of ether oxygens (including phenoxy) is 1. The molecule has 0 atom stereocenters. The van der Waals surface area contributed by atoms with Gasteiger partial charge in [0.15, 0.2) is 0 Å². The number of anilines is 2. The van der Waals surface area contributed by atoms with Crippen LogP contribution in [0.1, 0.15) is 6.42 Å². The number of amides is 2. The van der Waals surface area contributed by atoms with Gasteiger partial charge >= 0.3 is 0 Å². The monoisotopic (exact) mass is 352 g/mol. The lowest BCUT2D eigenvalue weighted by molar-refractivity contribution is -0.123. The van der Waals surface area contributed by atoms with E-state index in [1.807, 2.05) is 0 Å². The molecule has 0 saturated heterocycles. The highest BCUT2D eigenvalue weighted by molar-refractivity contribution is 6.44. The van der Waals surface area contributed by atoms with Crippen molar-refractivity contribution in [2.24, 2.45) is 0 Å². The summed E-state index contributed by atoms with van der Waals surface area (Å²) < 4.78 is 5.03. The third kappa shape index (κ3) is 4.87. The average molecular weight is 353 g/mol. The zero-order valence-corrected chi connectivity index (χ0v) is 13.7. The number of hydrogen-bond donors (Lipinski definition) is 2. The molecule has 23 heavy (non-hydrogen) atoms. The predicted octanol–water partition coefficient (Wildman–Crippen LogP) is 3.97. The normalized spacial score (nSPS) is 10.0. The molecule has 0 spiro atoms. The average Bonchev–Trinajstić information content (AvgIpc) is 2.52. The smallest absolute Gasteiger partial charge is 0.233 e. The summed E-state index contributed by atoms with van der Waals surface area (Å²) in [5.74, 6) is -0.248. The molecule has 0 aliphatic rings. The predicted molar refractivity (Wildman–Crippen MR) is 91.3 cm³/mol. The number of nitrogens with one attached hydrogen (secondary N) is 2. The summed E-state index contributed by atoms with van der Waals surface area (Å²) >= 11 is 11.8. The van der Waals surface area contributed by atoms with Crippen LogP contribution in [0.3, 0.4) is 0 Å². The van der Waals surface area contributed by atoms with Crippen molar-refractivity contribution in [3.63, 3.8) is 0 Å². The van der Waals surface area contributed by atoms with E-state index in [-0.39, 0.29) is 11.4 Å². The van der Waals surface area contributed by atoms with Crippen molar-refractivity contribution in [1.29, 1.82) is 0 Å². The van der Waals surface area contributed by atoms with Crippen molar-refractivity contribution < 1.29 is 14.3 Å². The molecule has 0 unspecified atom stereocenters. The Morgan fingerprint density at radius 3 is 2.30 bits per heavy atom. The van der Waals surface area contributed by atoms with Gasteiger partial charge in [0.2, 0.25) is 11.8 Å². The van der Waals surface area contributed by atoms with Crippen LogP contribution in [0, 0.1) is 0 Å². The van der Waals surface area contributed by atoms with Gasteiger partial charge in [-0.1, -0.05) is 29.3 Å². The molecule has 2 rings (SSSR count). The van der Waals surface area contributed by atoms with Crippen molar-refractivity contribution in [3.05, 3.63) is 52.5 Å². The maximum absolute atomic E-state index is 11.9. The summed E-state index contributed by atoms with van der Waals surface area (Å²) in [4.78, 5) is 23.7. The van der Waals surface area contributed by atoms with Crippen LogP contribution < -0.4 is 15.4 Å². The highest BCUT2D eigenvalue weighted by atomic mass is 35.5.